The fourth-order valence-corrected chi connectivity index (χ4v) is 6.19. The second-order valence-electron chi connectivity index (χ2n) is 13.4. The first-order valence-electron chi connectivity index (χ1n) is 15.7. The summed E-state index contributed by atoms with van der Waals surface area (Å²) in [5, 5.41) is 2.15. The van der Waals surface area contributed by atoms with Crippen LogP contribution in [-0.4, -0.2) is 42.2 Å². The standard InChI is InChI=1S/C10H17N.C9H15N.C9H14S.C8H16O2.CH4/c1-7-6-11-8(2)9(7)10(3,4)5;1-7(2)10-8(3)5-6-9(10)4;1-8(2)5-6-9-4-3-7-10-9;1-7(2)10-8-3-5-9-6-4-8;/h6H2,1-5H3;5-7H,1-4H3;3-4,7-8H,5-6H2,1-2H3;7-8H,3-6H2,1-2H3;1H4. The molecule has 0 aromatic carbocycles. The summed E-state index contributed by atoms with van der Waals surface area (Å²) in [4.78, 5) is 5.93. The normalized spacial score (nSPS) is 15.4. The molecule has 0 N–H and O–H groups in total. The Hall–Kier alpha value is -1.69. The van der Waals surface area contributed by atoms with E-state index in [1.54, 1.807) is 0 Å². The van der Waals surface area contributed by atoms with Gasteiger partial charge in [0.05, 0.1) is 18.8 Å². The van der Waals surface area contributed by atoms with Gasteiger partial charge in [-0.3, -0.25) is 4.99 Å². The molecule has 0 spiro atoms. The molecule has 0 amide bonds. The van der Waals surface area contributed by atoms with Gasteiger partial charge in [-0.15, -0.1) is 11.3 Å². The van der Waals surface area contributed by atoms with E-state index in [0.717, 1.165) is 38.5 Å². The molecule has 4 nitrogen and oxygen atoms in total. The molecular weight excluding hydrogens is 536 g/mol. The zero-order valence-corrected chi connectivity index (χ0v) is 29.6. The second kappa shape index (κ2) is 20.3. The summed E-state index contributed by atoms with van der Waals surface area (Å²) in [5.41, 5.74) is 7.11. The number of nitrogens with zero attached hydrogens (tertiary/aromatic N) is 2. The minimum Gasteiger partial charge on any atom is -0.381 e. The van der Waals surface area contributed by atoms with Gasteiger partial charge in [0, 0.05) is 41.2 Å². The molecule has 0 saturated carbocycles. The molecule has 0 unspecified atom stereocenters. The number of rotatable bonds is 6. The predicted molar refractivity (Wildman–Crippen MR) is 189 cm³/mol. The zero-order valence-electron chi connectivity index (χ0n) is 28.8. The molecule has 0 aliphatic carbocycles. The van der Waals surface area contributed by atoms with Crippen LogP contribution in [0, 0.1) is 25.2 Å². The maximum atomic E-state index is 5.61. The van der Waals surface area contributed by atoms with Crippen LogP contribution >= 0.6 is 11.3 Å². The van der Waals surface area contributed by atoms with Gasteiger partial charge in [-0.25, -0.2) is 0 Å². The van der Waals surface area contributed by atoms with Crippen molar-refractivity contribution < 1.29 is 9.47 Å². The Morgan fingerprint density at radius 3 is 1.86 bits per heavy atom. The van der Waals surface area contributed by atoms with Gasteiger partial charge in [0.25, 0.3) is 0 Å². The number of aliphatic imine (C=N–C) groups is 1. The highest BCUT2D eigenvalue weighted by Crippen LogP contribution is 2.32. The van der Waals surface area contributed by atoms with Crippen molar-refractivity contribution >= 4 is 17.0 Å². The quantitative estimate of drug-likeness (QED) is 0.330. The van der Waals surface area contributed by atoms with Crippen LogP contribution in [-0.2, 0) is 15.9 Å². The summed E-state index contributed by atoms with van der Waals surface area (Å²) in [6, 6.07) is 9.26. The lowest BCUT2D eigenvalue weighted by Gasteiger charge is -2.24. The highest BCUT2D eigenvalue weighted by atomic mass is 32.1. The first-order chi connectivity index (χ1) is 19.1. The van der Waals surface area contributed by atoms with Crippen LogP contribution in [0.25, 0.3) is 0 Å². The summed E-state index contributed by atoms with van der Waals surface area (Å²) in [6.45, 7) is 31.1. The number of thiophene rings is 1. The van der Waals surface area contributed by atoms with E-state index >= 15 is 0 Å². The van der Waals surface area contributed by atoms with Gasteiger partial charge in [0.1, 0.15) is 0 Å². The molecule has 2 aromatic heterocycles. The predicted octanol–water partition coefficient (Wildman–Crippen LogP) is 11.1. The van der Waals surface area contributed by atoms with Gasteiger partial charge >= 0.3 is 0 Å². The zero-order chi connectivity index (χ0) is 31.2. The lowest BCUT2D eigenvalue weighted by atomic mass is 9.82. The monoisotopic (exact) mass is 602 g/mol. The molecule has 4 rings (SSSR count). The fourth-order valence-electron chi connectivity index (χ4n) is 5.46. The first-order valence-corrected chi connectivity index (χ1v) is 16.6. The number of ether oxygens (including phenoxy) is 2. The Labute approximate surface area is 265 Å². The first kappa shape index (κ1) is 40.3. The van der Waals surface area contributed by atoms with Crippen molar-refractivity contribution in [1.29, 1.82) is 0 Å². The topological polar surface area (TPSA) is 35.8 Å². The van der Waals surface area contributed by atoms with Crippen molar-refractivity contribution in [1.82, 2.24) is 4.57 Å². The van der Waals surface area contributed by atoms with E-state index < -0.39 is 0 Å². The van der Waals surface area contributed by atoms with Crippen LogP contribution in [0.15, 0.2) is 45.8 Å². The van der Waals surface area contributed by atoms with E-state index in [1.165, 1.54) is 46.0 Å². The molecule has 2 aliphatic heterocycles. The Morgan fingerprint density at radius 2 is 1.52 bits per heavy atom. The van der Waals surface area contributed by atoms with Crippen LogP contribution in [0.2, 0.25) is 0 Å². The highest BCUT2D eigenvalue weighted by Gasteiger charge is 2.24. The van der Waals surface area contributed by atoms with Crippen LogP contribution in [0.5, 0.6) is 0 Å². The molecule has 0 atom stereocenters. The molecule has 242 valence electrons. The minimum atomic E-state index is 0. The molecule has 5 heteroatoms. The third-order valence-electron chi connectivity index (χ3n) is 7.12. The van der Waals surface area contributed by atoms with Crippen LogP contribution in [0.4, 0.5) is 0 Å². The van der Waals surface area contributed by atoms with Crippen LogP contribution < -0.4 is 0 Å². The lowest BCUT2D eigenvalue weighted by Crippen LogP contribution is -2.25. The number of hydrogen-bond donors (Lipinski definition) is 0. The third-order valence-corrected chi connectivity index (χ3v) is 8.05. The highest BCUT2D eigenvalue weighted by molar-refractivity contribution is 7.09. The van der Waals surface area contributed by atoms with Gasteiger partial charge in [-0.05, 0) is 127 Å². The largest absolute Gasteiger partial charge is 0.381 e. The Balaban J connectivity index is 0.000000530. The van der Waals surface area contributed by atoms with E-state index in [-0.39, 0.29) is 12.8 Å². The maximum absolute atomic E-state index is 5.61. The Bertz CT molecular complexity index is 1010. The fraction of sp³-hybridized carbons (Fsp3) is 0.703. The average molecular weight is 603 g/mol. The summed E-state index contributed by atoms with van der Waals surface area (Å²) < 4.78 is 13.1. The Kier molecular flexibility index (Phi) is 19.5. The average Bonchev–Trinajstić information content (AvgIpc) is 3.59. The minimum absolute atomic E-state index is 0. The van der Waals surface area contributed by atoms with E-state index in [1.807, 2.05) is 11.3 Å². The Morgan fingerprint density at radius 1 is 0.952 bits per heavy atom. The van der Waals surface area contributed by atoms with Crippen molar-refractivity contribution in [3.8, 4) is 0 Å². The molecule has 2 aromatic rings. The summed E-state index contributed by atoms with van der Waals surface area (Å²) in [6.07, 6.45) is 5.53. The molecule has 0 radical (unpaired) electrons. The van der Waals surface area contributed by atoms with Crippen LogP contribution in [0.1, 0.15) is 125 Å². The van der Waals surface area contributed by atoms with E-state index in [0.29, 0.717) is 18.2 Å². The molecular formula is C37H66N2O2S. The van der Waals surface area contributed by atoms with Gasteiger partial charge in [-0.2, -0.15) is 0 Å². The number of aromatic nitrogens is 1. The van der Waals surface area contributed by atoms with Gasteiger partial charge in [0.2, 0.25) is 0 Å². The van der Waals surface area contributed by atoms with Gasteiger partial charge in [0.15, 0.2) is 0 Å². The molecule has 1 saturated heterocycles. The summed E-state index contributed by atoms with van der Waals surface area (Å²) >= 11 is 1.86. The van der Waals surface area contributed by atoms with Crippen molar-refractivity contribution in [2.75, 3.05) is 19.8 Å². The number of hydrogen-bond acceptors (Lipinski definition) is 4. The van der Waals surface area contributed by atoms with Crippen molar-refractivity contribution in [3.05, 3.63) is 57.1 Å². The number of aryl methyl sites for hydroxylation is 3. The molecule has 1 fully saturated rings. The molecule has 4 heterocycles. The third kappa shape index (κ3) is 15.7. The summed E-state index contributed by atoms with van der Waals surface area (Å²) in [7, 11) is 0. The summed E-state index contributed by atoms with van der Waals surface area (Å²) in [5.74, 6) is 0.835. The van der Waals surface area contributed by atoms with E-state index in [9.17, 15) is 0 Å². The van der Waals surface area contributed by atoms with Crippen molar-refractivity contribution in [3.63, 3.8) is 0 Å². The van der Waals surface area contributed by atoms with Gasteiger partial charge < -0.3 is 14.0 Å². The lowest BCUT2D eigenvalue weighted by molar-refractivity contribution is -0.0563. The molecule has 0 bridgehead atoms. The SMILES string of the molecule is C.CC(C)CCc1cccs1.CC(C)OC1CCOCC1.CC1=NCC(C)=C1C(C)(C)C.Cc1ccc(C)n1C(C)C. The van der Waals surface area contributed by atoms with Crippen molar-refractivity contribution in [2.45, 2.75) is 141 Å². The number of allylic oxidation sites excluding steroid dienone is 1. The van der Waals surface area contributed by atoms with Crippen LogP contribution in [0.3, 0.4) is 0 Å². The molecule has 2 aliphatic rings. The van der Waals surface area contributed by atoms with E-state index in [2.05, 4.69) is 129 Å². The second-order valence-corrected chi connectivity index (χ2v) is 14.4. The smallest absolute Gasteiger partial charge is 0.0622 e. The van der Waals surface area contributed by atoms with Crippen molar-refractivity contribution in [2.24, 2.45) is 16.3 Å². The van der Waals surface area contributed by atoms with Gasteiger partial charge in [-0.1, -0.05) is 48.1 Å². The van der Waals surface area contributed by atoms with E-state index in [4.69, 9.17) is 9.47 Å². The maximum Gasteiger partial charge on any atom is 0.0622 e. The molecule has 42 heavy (non-hydrogen) atoms.